The first-order valence-corrected chi connectivity index (χ1v) is 5.41. The summed E-state index contributed by atoms with van der Waals surface area (Å²) < 4.78 is 0.390. The lowest BCUT2D eigenvalue weighted by Gasteiger charge is -2.23. The Morgan fingerprint density at radius 3 is 2.65 bits per heavy atom. The van der Waals surface area contributed by atoms with E-state index in [1.54, 1.807) is 0 Å². The van der Waals surface area contributed by atoms with Crippen molar-refractivity contribution in [2.24, 2.45) is 5.73 Å². The second-order valence-electron chi connectivity index (χ2n) is 3.89. The van der Waals surface area contributed by atoms with Crippen molar-refractivity contribution in [3.05, 3.63) is 27.0 Å². The number of rotatable bonds is 4. The molecule has 0 fully saturated rings. The van der Waals surface area contributed by atoms with Crippen LogP contribution >= 0.6 is 15.9 Å². The van der Waals surface area contributed by atoms with Crippen molar-refractivity contribution in [1.82, 2.24) is 4.98 Å². The largest absolute Gasteiger partial charge is 0.368 e. The van der Waals surface area contributed by atoms with Gasteiger partial charge in [0.2, 0.25) is 5.91 Å². The summed E-state index contributed by atoms with van der Waals surface area (Å²) in [6.07, 6.45) is 2.50. The summed E-state index contributed by atoms with van der Waals surface area (Å²) in [5.41, 5.74) is 4.04. The molecule has 0 spiro atoms. The summed E-state index contributed by atoms with van der Waals surface area (Å²) in [6.45, 7) is 3.07. The molecule has 1 aromatic heterocycles. The molecule has 0 bridgehead atoms. The van der Waals surface area contributed by atoms with E-state index < -0.39 is 16.4 Å². The van der Waals surface area contributed by atoms with Crippen LogP contribution in [-0.4, -0.2) is 21.4 Å². The molecule has 0 radical (unpaired) electrons. The zero-order chi connectivity index (χ0) is 13.2. The van der Waals surface area contributed by atoms with Gasteiger partial charge in [0.05, 0.1) is 9.40 Å². The summed E-state index contributed by atoms with van der Waals surface area (Å²) in [4.78, 5) is 25.1. The van der Waals surface area contributed by atoms with E-state index in [-0.39, 0.29) is 11.4 Å². The van der Waals surface area contributed by atoms with Crippen LogP contribution in [0.3, 0.4) is 0 Å². The number of aromatic nitrogens is 1. The molecule has 3 N–H and O–H groups in total. The van der Waals surface area contributed by atoms with E-state index in [0.29, 0.717) is 4.47 Å². The van der Waals surface area contributed by atoms with Crippen molar-refractivity contribution in [2.45, 2.75) is 19.4 Å². The molecule has 0 aliphatic heterocycles. The van der Waals surface area contributed by atoms with Crippen LogP contribution in [0.15, 0.2) is 16.9 Å². The SMILES string of the molecule is CC(C)(Nc1c(Br)cncc1[N+](=O)[O-])C(N)=O. The first kappa shape index (κ1) is 13.4. The lowest BCUT2D eigenvalue weighted by atomic mass is 10.0. The fourth-order valence-corrected chi connectivity index (χ4v) is 1.48. The highest BCUT2D eigenvalue weighted by molar-refractivity contribution is 9.10. The number of primary amides is 1. The third kappa shape index (κ3) is 2.90. The Labute approximate surface area is 106 Å². The van der Waals surface area contributed by atoms with Gasteiger partial charge >= 0.3 is 5.69 Å². The molecular formula is C9H11BrN4O3. The molecule has 0 unspecified atom stereocenters. The fraction of sp³-hybridized carbons (Fsp3) is 0.333. The smallest absolute Gasteiger partial charge is 0.311 e. The maximum Gasteiger partial charge on any atom is 0.311 e. The van der Waals surface area contributed by atoms with Crippen LogP contribution in [0.4, 0.5) is 11.4 Å². The molecule has 1 aromatic rings. The number of nitrogens with zero attached hydrogens (tertiary/aromatic N) is 2. The Morgan fingerprint density at radius 2 is 2.18 bits per heavy atom. The minimum Gasteiger partial charge on any atom is -0.368 e. The van der Waals surface area contributed by atoms with Gasteiger partial charge in [0, 0.05) is 6.20 Å². The maximum atomic E-state index is 11.2. The summed E-state index contributed by atoms with van der Waals surface area (Å²) in [5, 5.41) is 13.6. The first-order valence-electron chi connectivity index (χ1n) is 4.61. The molecule has 1 heterocycles. The van der Waals surface area contributed by atoms with Crippen LogP contribution in [0.25, 0.3) is 0 Å². The van der Waals surface area contributed by atoms with Gasteiger partial charge in [-0.1, -0.05) is 0 Å². The third-order valence-electron chi connectivity index (χ3n) is 2.13. The molecule has 1 amide bonds. The van der Waals surface area contributed by atoms with Crippen LogP contribution in [-0.2, 0) is 4.79 Å². The van der Waals surface area contributed by atoms with Gasteiger partial charge in [0.15, 0.2) is 0 Å². The van der Waals surface area contributed by atoms with Crippen molar-refractivity contribution in [3.8, 4) is 0 Å². The number of hydrogen-bond acceptors (Lipinski definition) is 5. The average molecular weight is 303 g/mol. The van der Waals surface area contributed by atoms with E-state index in [1.165, 1.54) is 20.0 Å². The molecule has 0 saturated carbocycles. The maximum absolute atomic E-state index is 11.2. The Morgan fingerprint density at radius 1 is 1.59 bits per heavy atom. The van der Waals surface area contributed by atoms with Gasteiger partial charge in [-0.15, -0.1) is 0 Å². The Kier molecular flexibility index (Phi) is 3.66. The monoisotopic (exact) mass is 302 g/mol. The van der Waals surface area contributed by atoms with Crippen molar-refractivity contribution in [2.75, 3.05) is 5.32 Å². The number of carbonyl (C=O) groups is 1. The number of pyridine rings is 1. The number of carbonyl (C=O) groups excluding carboxylic acids is 1. The van der Waals surface area contributed by atoms with Gasteiger partial charge in [-0.25, -0.2) is 0 Å². The topological polar surface area (TPSA) is 111 Å². The molecule has 1 rings (SSSR count). The lowest BCUT2D eigenvalue weighted by molar-refractivity contribution is -0.384. The van der Waals surface area contributed by atoms with Crippen molar-refractivity contribution >= 4 is 33.2 Å². The van der Waals surface area contributed by atoms with Crippen molar-refractivity contribution in [3.63, 3.8) is 0 Å². The molecule has 0 aliphatic carbocycles. The highest BCUT2D eigenvalue weighted by atomic mass is 79.9. The highest BCUT2D eigenvalue weighted by Gasteiger charge is 2.29. The van der Waals surface area contributed by atoms with Crippen LogP contribution in [0.1, 0.15) is 13.8 Å². The van der Waals surface area contributed by atoms with Gasteiger partial charge in [0.25, 0.3) is 0 Å². The standard InChI is InChI=1S/C9H11BrN4O3/c1-9(2,8(11)15)13-7-5(10)3-12-4-6(7)14(16)17/h3-4H,1-2H3,(H2,11,15)(H,12,13). The molecule has 7 nitrogen and oxygen atoms in total. The molecule has 0 atom stereocenters. The number of anilines is 1. The van der Waals surface area contributed by atoms with E-state index in [1.807, 2.05) is 0 Å². The van der Waals surface area contributed by atoms with Gasteiger partial charge in [-0.2, -0.15) is 0 Å². The van der Waals surface area contributed by atoms with Crippen LogP contribution in [0.2, 0.25) is 0 Å². The van der Waals surface area contributed by atoms with E-state index in [0.717, 1.165) is 6.20 Å². The minimum absolute atomic E-state index is 0.175. The summed E-state index contributed by atoms with van der Waals surface area (Å²) in [7, 11) is 0. The van der Waals surface area contributed by atoms with Crippen LogP contribution < -0.4 is 11.1 Å². The molecule has 0 aliphatic rings. The highest BCUT2D eigenvalue weighted by Crippen LogP contribution is 2.33. The summed E-state index contributed by atoms with van der Waals surface area (Å²) in [6, 6.07) is 0. The number of nitrogens with one attached hydrogen (secondary N) is 1. The summed E-state index contributed by atoms with van der Waals surface area (Å²) >= 11 is 3.14. The van der Waals surface area contributed by atoms with Crippen molar-refractivity contribution < 1.29 is 9.72 Å². The minimum atomic E-state index is -1.10. The van der Waals surface area contributed by atoms with E-state index >= 15 is 0 Å². The third-order valence-corrected chi connectivity index (χ3v) is 2.73. The molecule has 92 valence electrons. The van der Waals surface area contributed by atoms with Gasteiger partial charge < -0.3 is 11.1 Å². The first-order chi connectivity index (χ1) is 7.75. The number of amides is 1. The lowest BCUT2D eigenvalue weighted by Crippen LogP contribution is -2.45. The normalized spacial score (nSPS) is 11.0. The van der Waals surface area contributed by atoms with Crippen LogP contribution in [0, 0.1) is 10.1 Å². The predicted molar refractivity (Wildman–Crippen MR) is 65.5 cm³/mol. The Hall–Kier alpha value is -1.70. The van der Waals surface area contributed by atoms with Gasteiger partial charge in [-0.3, -0.25) is 19.9 Å². The predicted octanol–water partition coefficient (Wildman–Crippen LogP) is 1.43. The Bertz CT molecular complexity index is 475. The zero-order valence-corrected chi connectivity index (χ0v) is 10.8. The molecule has 0 aromatic carbocycles. The van der Waals surface area contributed by atoms with Crippen molar-refractivity contribution in [1.29, 1.82) is 0 Å². The van der Waals surface area contributed by atoms with Gasteiger partial charge in [-0.05, 0) is 29.8 Å². The second-order valence-corrected chi connectivity index (χ2v) is 4.74. The number of nitrogens with two attached hydrogens (primary N) is 1. The van der Waals surface area contributed by atoms with Crippen LogP contribution in [0.5, 0.6) is 0 Å². The molecule has 0 saturated heterocycles. The molecule has 17 heavy (non-hydrogen) atoms. The molecule has 8 heteroatoms. The number of halogens is 1. The number of nitro groups is 1. The fourth-order valence-electron chi connectivity index (χ4n) is 1.06. The zero-order valence-electron chi connectivity index (χ0n) is 9.23. The Balaban J connectivity index is 3.22. The number of hydrogen-bond donors (Lipinski definition) is 2. The molecular weight excluding hydrogens is 292 g/mol. The second kappa shape index (κ2) is 4.66. The quantitative estimate of drug-likeness (QED) is 0.645. The van der Waals surface area contributed by atoms with Gasteiger partial charge in [0.1, 0.15) is 17.4 Å². The van der Waals surface area contributed by atoms with E-state index in [4.69, 9.17) is 5.73 Å². The van der Waals surface area contributed by atoms with E-state index in [2.05, 4.69) is 26.2 Å². The summed E-state index contributed by atoms with van der Waals surface area (Å²) in [5.74, 6) is -0.615. The van der Waals surface area contributed by atoms with E-state index in [9.17, 15) is 14.9 Å². The average Bonchev–Trinajstić information content (AvgIpc) is 2.20.